The van der Waals surface area contributed by atoms with E-state index in [1.165, 1.54) is 14.7 Å². The summed E-state index contributed by atoms with van der Waals surface area (Å²) < 4.78 is 1.23. The molecule has 0 unspecified atom stereocenters. The molecule has 0 amide bonds. The van der Waals surface area contributed by atoms with Crippen LogP contribution in [0, 0.1) is 3.57 Å². The highest BCUT2D eigenvalue weighted by Gasteiger charge is 2.12. The molecule has 0 N–H and O–H groups in total. The van der Waals surface area contributed by atoms with Crippen molar-refractivity contribution in [3.05, 3.63) is 113 Å². The Hall–Kier alpha value is -2.59. The van der Waals surface area contributed by atoms with E-state index in [4.69, 9.17) is 0 Å². The van der Waals surface area contributed by atoms with Crippen molar-refractivity contribution >= 4 is 39.7 Å². The Morgan fingerprint density at radius 2 is 1.00 bits per heavy atom. The number of benzene rings is 4. The van der Waals surface area contributed by atoms with Gasteiger partial charge in [0.2, 0.25) is 0 Å². The zero-order valence-electron chi connectivity index (χ0n) is 14.2. The first kappa shape index (κ1) is 16.9. The highest BCUT2D eigenvalue weighted by atomic mass is 127. The van der Waals surface area contributed by atoms with Crippen LogP contribution in [-0.4, -0.2) is 0 Å². The summed E-state index contributed by atoms with van der Waals surface area (Å²) in [5.74, 6) is 0. The highest BCUT2D eigenvalue weighted by Crippen LogP contribution is 2.36. The summed E-state index contributed by atoms with van der Waals surface area (Å²) in [5.41, 5.74) is 5.90. The van der Waals surface area contributed by atoms with Gasteiger partial charge in [-0.2, -0.15) is 0 Å². The van der Waals surface area contributed by atoms with Gasteiger partial charge in [0.25, 0.3) is 0 Å². The second-order valence-electron chi connectivity index (χ2n) is 6.06. The van der Waals surface area contributed by atoms with Gasteiger partial charge in [-0.3, -0.25) is 0 Å². The zero-order valence-corrected chi connectivity index (χ0v) is 16.4. The molecule has 126 valence electrons. The first-order chi connectivity index (χ1) is 12.8. The second kappa shape index (κ2) is 7.75. The van der Waals surface area contributed by atoms with Crippen LogP contribution < -0.4 is 4.90 Å². The fraction of sp³-hybridized carbons (Fsp3) is 0. The van der Waals surface area contributed by atoms with Gasteiger partial charge in [-0.1, -0.05) is 60.7 Å². The van der Waals surface area contributed by atoms with Gasteiger partial charge in [0.1, 0.15) is 0 Å². The van der Waals surface area contributed by atoms with E-state index < -0.39 is 0 Å². The highest BCUT2D eigenvalue weighted by molar-refractivity contribution is 14.1. The number of hydrogen-bond acceptors (Lipinski definition) is 1. The molecular weight excluding hydrogens is 429 g/mol. The predicted molar refractivity (Wildman–Crippen MR) is 119 cm³/mol. The topological polar surface area (TPSA) is 3.24 Å². The maximum atomic E-state index is 2.34. The largest absolute Gasteiger partial charge is 0.310 e. The minimum Gasteiger partial charge on any atom is -0.310 e. The van der Waals surface area contributed by atoms with Crippen LogP contribution in [0.5, 0.6) is 0 Å². The van der Waals surface area contributed by atoms with Crippen molar-refractivity contribution in [2.45, 2.75) is 0 Å². The summed E-state index contributed by atoms with van der Waals surface area (Å²) in [4.78, 5) is 2.29. The number of para-hydroxylation sites is 1. The SMILES string of the molecule is Ic1ccc(N(c2ccccc2)c2cccc(-c3ccccc3)c2)cc1. The van der Waals surface area contributed by atoms with Crippen molar-refractivity contribution < 1.29 is 0 Å². The van der Waals surface area contributed by atoms with Crippen LogP contribution in [0.15, 0.2) is 109 Å². The Morgan fingerprint density at radius 1 is 0.462 bits per heavy atom. The predicted octanol–water partition coefficient (Wildman–Crippen LogP) is 7.43. The number of nitrogens with zero attached hydrogens (tertiary/aromatic N) is 1. The Kier molecular flexibility index (Phi) is 5.02. The lowest BCUT2D eigenvalue weighted by Gasteiger charge is -2.26. The van der Waals surface area contributed by atoms with Crippen molar-refractivity contribution in [2.75, 3.05) is 4.90 Å². The quantitative estimate of drug-likeness (QED) is 0.294. The molecule has 0 saturated carbocycles. The lowest BCUT2D eigenvalue weighted by molar-refractivity contribution is 1.28. The van der Waals surface area contributed by atoms with Crippen LogP contribution in [-0.2, 0) is 0 Å². The first-order valence-electron chi connectivity index (χ1n) is 8.57. The normalized spacial score (nSPS) is 10.5. The first-order valence-corrected chi connectivity index (χ1v) is 9.65. The molecule has 0 atom stereocenters. The van der Waals surface area contributed by atoms with E-state index in [-0.39, 0.29) is 0 Å². The van der Waals surface area contributed by atoms with E-state index in [1.54, 1.807) is 0 Å². The fourth-order valence-electron chi connectivity index (χ4n) is 3.07. The molecule has 0 aromatic heterocycles. The average Bonchev–Trinajstić information content (AvgIpc) is 2.71. The Labute approximate surface area is 168 Å². The Morgan fingerprint density at radius 3 is 1.69 bits per heavy atom. The molecule has 0 spiro atoms. The number of hydrogen-bond donors (Lipinski definition) is 0. The molecule has 0 radical (unpaired) electrons. The van der Waals surface area contributed by atoms with E-state index in [9.17, 15) is 0 Å². The third-order valence-electron chi connectivity index (χ3n) is 4.31. The van der Waals surface area contributed by atoms with Gasteiger partial charge >= 0.3 is 0 Å². The number of halogens is 1. The van der Waals surface area contributed by atoms with Gasteiger partial charge in [0, 0.05) is 20.6 Å². The maximum absolute atomic E-state index is 2.34. The van der Waals surface area contributed by atoms with E-state index in [0.29, 0.717) is 0 Å². The van der Waals surface area contributed by atoms with Crippen molar-refractivity contribution in [3.63, 3.8) is 0 Å². The van der Waals surface area contributed by atoms with Crippen LogP contribution in [0.3, 0.4) is 0 Å². The molecule has 0 aliphatic rings. The minimum atomic E-state index is 1.15. The van der Waals surface area contributed by atoms with Crippen LogP contribution in [0.2, 0.25) is 0 Å². The van der Waals surface area contributed by atoms with Crippen LogP contribution in [0.4, 0.5) is 17.1 Å². The molecule has 0 saturated heterocycles. The summed E-state index contributed by atoms with van der Waals surface area (Å²) in [5, 5.41) is 0. The molecule has 1 nitrogen and oxygen atoms in total. The summed E-state index contributed by atoms with van der Waals surface area (Å²) >= 11 is 2.34. The Bertz CT molecular complexity index is 979. The Balaban J connectivity index is 1.83. The molecule has 4 aromatic carbocycles. The lowest BCUT2D eigenvalue weighted by Crippen LogP contribution is -2.09. The third-order valence-corrected chi connectivity index (χ3v) is 5.03. The second-order valence-corrected chi connectivity index (χ2v) is 7.31. The van der Waals surface area contributed by atoms with Gasteiger partial charge in [0.15, 0.2) is 0 Å². The van der Waals surface area contributed by atoms with Gasteiger partial charge in [0.05, 0.1) is 0 Å². The minimum absolute atomic E-state index is 1.15. The zero-order chi connectivity index (χ0) is 17.8. The maximum Gasteiger partial charge on any atom is 0.0467 e. The fourth-order valence-corrected chi connectivity index (χ4v) is 3.43. The van der Waals surface area contributed by atoms with Gasteiger partial charge in [-0.25, -0.2) is 0 Å². The summed E-state index contributed by atoms with van der Waals surface area (Å²) in [6.07, 6.45) is 0. The van der Waals surface area contributed by atoms with E-state index in [1.807, 2.05) is 0 Å². The molecule has 0 aliphatic heterocycles. The average molecular weight is 447 g/mol. The van der Waals surface area contributed by atoms with E-state index >= 15 is 0 Å². The number of anilines is 3. The number of rotatable bonds is 4. The van der Waals surface area contributed by atoms with Crippen LogP contribution in [0.25, 0.3) is 11.1 Å². The van der Waals surface area contributed by atoms with Gasteiger partial charge in [-0.05, 0) is 82.2 Å². The lowest BCUT2D eigenvalue weighted by atomic mass is 10.0. The third kappa shape index (κ3) is 3.65. The summed E-state index contributed by atoms with van der Waals surface area (Å²) in [6.45, 7) is 0. The monoisotopic (exact) mass is 447 g/mol. The molecule has 0 fully saturated rings. The van der Waals surface area contributed by atoms with E-state index in [2.05, 4.69) is 137 Å². The summed E-state index contributed by atoms with van der Waals surface area (Å²) in [7, 11) is 0. The van der Waals surface area contributed by atoms with Crippen molar-refractivity contribution in [1.82, 2.24) is 0 Å². The van der Waals surface area contributed by atoms with Crippen LogP contribution >= 0.6 is 22.6 Å². The standard InChI is InChI=1S/C24H18IN/c25-21-14-16-23(17-15-21)26(22-11-5-2-6-12-22)24-13-7-10-20(18-24)19-8-3-1-4-9-19/h1-18H. The van der Waals surface area contributed by atoms with Crippen molar-refractivity contribution in [2.24, 2.45) is 0 Å². The smallest absolute Gasteiger partial charge is 0.0467 e. The van der Waals surface area contributed by atoms with Gasteiger partial charge < -0.3 is 4.90 Å². The molecule has 0 aliphatic carbocycles. The molecule has 0 heterocycles. The van der Waals surface area contributed by atoms with Crippen molar-refractivity contribution in [1.29, 1.82) is 0 Å². The molecular formula is C24H18IN. The molecule has 4 rings (SSSR count). The van der Waals surface area contributed by atoms with Crippen molar-refractivity contribution in [3.8, 4) is 11.1 Å². The molecule has 0 bridgehead atoms. The molecule has 4 aromatic rings. The molecule has 26 heavy (non-hydrogen) atoms. The summed E-state index contributed by atoms with van der Waals surface area (Å²) in [6, 6.07) is 38.3. The van der Waals surface area contributed by atoms with Gasteiger partial charge in [-0.15, -0.1) is 0 Å². The van der Waals surface area contributed by atoms with Crippen LogP contribution in [0.1, 0.15) is 0 Å². The molecule has 2 heteroatoms. The van der Waals surface area contributed by atoms with E-state index in [0.717, 1.165) is 17.1 Å².